The Labute approximate surface area is 91.2 Å². The summed E-state index contributed by atoms with van der Waals surface area (Å²) in [6.45, 7) is 2.85. The van der Waals surface area contributed by atoms with Gasteiger partial charge in [-0.25, -0.2) is 0 Å². The number of aryl methyl sites for hydroxylation is 1. The van der Waals surface area contributed by atoms with E-state index in [0.29, 0.717) is 0 Å². The fraction of sp³-hybridized carbons (Fsp3) is 0.333. The molecule has 0 aliphatic heterocycles. The second-order valence-electron chi connectivity index (χ2n) is 3.60. The molecule has 3 nitrogen and oxygen atoms in total. The zero-order chi connectivity index (χ0) is 11.1. The smallest absolute Gasteiger partial charge is 0.185 e. The van der Waals surface area contributed by atoms with Crippen molar-refractivity contribution >= 4 is 5.96 Å². The third-order valence-electron chi connectivity index (χ3n) is 2.15. The van der Waals surface area contributed by atoms with Crippen molar-refractivity contribution in [1.29, 1.82) is 5.41 Å². The topological polar surface area (TPSA) is 61.9 Å². The Bertz CT molecular complexity index is 303. The van der Waals surface area contributed by atoms with E-state index in [4.69, 9.17) is 11.1 Å². The standard InChI is InChI=1S/C12H18N3/c1-10-5-7-11(8-6-10)4-2-3-9-15-12(13)14/h4-8H,2-3,9H2,1H3,(H4,13,14,15). The van der Waals surface area contributed by atoms with E-state index < -0.39 is 0 Å². The fourth-order valence-electron chi connectivity index (χ4n) is 1.30. The van der Waals surface area contributed by atoms with E-state index in [1.165, 1.54) is 11.1 Å². The van der Waals surface area contributed by atoms with Crippen LogP contribution in [0.25, 0.3) is 0 Å². The maximum atomic E-state index is 6.97. The lowest BCUT2D eigenvalue weighted by Crippen LogP contribution is -2.30. The Morgan fingerprint density at radius 2 is 2.07 bits per heavy atom. The average molecular weight is 204 g/mol. The summed E-state index contributed by atoms with van der Waals surface area (Å²) in [5.41, 5.74) is 7.70. The number of nitrogens with two attached hydrogens (primary N) is 1. The molecule has 0 atom stereocenters. The predicted molar refractivity (Wildman–Crippen MR) is 63.7 cm³/mol. The molecule has 1 aromatic rings. The Balaban J connectivity index is 2.15. The highest BCUT2D eigenvalue weighted by atomic mass is 15.0. The number of benzene rings is 1. The fourth-order valence-corrected chi connectivity index (χ4v) is 1.30. The van der Waals surface area contributed by atoms with Gasteiger partial charge in [0, 0.05) is 6.54 Å². The maximum absolute atomic E-state index is 6.97. The van der Waals surface area contributed by atoms with Gasteiger partial charge in [0.25, 0.3) is 0 Å². The molecule has 4 N–H and O–H groups in total. The van der Waals surface area contributed by atoms with Crippen molar-refractivity contribution in [2.24, 2.45) is 5.73 Å². The monoisotopic (exact) mass is 204 g/mol. The second kappa shape index (κ2) is 6.06. The van der Waals surface area contributed by atoms with Crippen LogP contribution >= 0.6 is 0 Å². The molecule has 0 spiro atoms. The van der Waals surface area contributed by atoms with Crippen LogP contribution < -0.4 is 11.1 Å². The minimum atomic E-state index is 0.0466. The molecule has 0 aliphatic rings. The Kier molecular flexibility index (Phi) is 4.68. The maximum Gasteiger partial charge on any atom is 0.185 e. The molecule has 0 saturated carbocycles. The van der Waals surface area contributed by atoms with Crippen molar-refractivity contribution in [2.45, 2.75) is 19.8 Å². The number of unbranched alkanes of at least 4 members (excludes halogenated alkanes) is 1. The van der Waals surface area contributed by atoms with Gasteiger partial charge in [0.05, 0.1) is 0 Å². The summed E-state index contributed by atoms with van der Waals surface area (Å²) in [5.74, 6) is 0.0466. The first-order chi connectivity index (χ1) is 7.18. The van der Waals surface area contributed by atoms with E-state index >= 15 is 0 Å². The first-order valence-corrected chi connectivity index (χ1v) is 5.16. The van der Waals surface area contributed by atoms with Crippen LogP contribution in [0, 0.1) is 18.8 Å². The molecular formula is C12H18N3. The number of nitrogens with one attached hydrogen (secondary N) is 2. The molecule has 0 heterocycles. The Hall–Kier alpha value is -1.51. The molecule has 1 rings (SSSR count). The van der Waals surface area contributed by atoms with Gasteiger partial charge >= 0.3 is 0 Å². The number of hydrogen-bond acceptors (Lipinski definition) is 1. The lowest BCUT2D eigenvalue weighted by Gasteiger charge is -2.03. The molecule has 0 saturated heterocycles. The van der Waals surface area contributed by atoms with Crippen molar-refractivity contribution in [3.63, 3.8) is 0 Å². The summed E-state index contributed by atoms with van der Waals surface area (Å²) in [6.07, 6.45) is 4.19. The van der Waals surface area contributed by atoms with Gasteiger partial charge in [-0.1, -0.05) is 29.8 Å². The van der Waals surface area contributed by atoms with Crippen molar-refractivity contribution in [1.82, 2.24) is 5.32 Å². The molecular weight excluding hydrogens is 186 g/mol. The van der Waals surface area contributed by atoms with Crippen LogP contribution in [0.3, 0.4) is 0 Å². The van der Waals surface area contributed by atoms with Gasteiger partial charge in [0.15, 0.2) is 5.96 Å². The van der Waals surface area contributed by atoms with Gasteiger partial charge in [0.2, 0.25) is 0 Å². The predicted octanol–water partition coefficient (Wildman–Crippen LogP) is 1.81. The van der Waals surface area contributed by atoms with E-state index in [1.807, 2.05) is 0 Å². The third kappa shape index (κ3) is 5.05. The summed E-state index contributed by atoms with van der Waals surface area (Å²) >= 11 is 0. The highest BCUT2D eigenvalue weighted by Gasteiger charge is 1.94. The molecule has 1 radical (unpaired) electrons. The Morgan fingerprint density at radius 1 is 1.40 bits per heavy atom. The zero-order valence-electron chi connectivity index (χ0n) is 9.09. The quantitative estimate of drug-likeness (QED) is 0.389. The summed E-state index contributed by atoms with van der Waals surface area (Å²) in [7, 11) is 0. The molecule has 0 bridgehead atoms. The first-order valence-electron chi connectivity index (χ1n) is 5.16. The normalized spacial score (nSPS) is 9.93. The summed E-state index contributed by atoms with van der Waals surface area (Å²) < 4.78 is 0. The van der Waals surface area contributed by atoms with Gasteiger partial charge in [-0.05, 0) is 31.7 Å². The number of guanidine groups is 1. The lowest BCUT2D eigenvalue weighted by atomic mass is 10.1. The van der Waals surface area contributed by atoms with Crippen LogP contribution in [-0.4, -0.2) is 12.5 Å². The van der Waals surface area contributed by atoms with Crippen LogP contribution in [0.15, 0.2) is 24.3 Å². The van der Waals surface area contributed by atoms with E-state index in [-0.39, 0.29) is 5.96 Å². The number of rotatable bonds is 5. The van der Waals surface area contributed by atoms with Gasteiger partial charge in [-0.15, -0.1) is 0 Å². The SMILES string of the molecule is Cc1ccc([CH]CCCNC(=N)N)cc1. The molecule has 3 heteroatoms. The van der Waals surface area contributed by atoms with Crippen molar-refractivity contribution in [3.05, 3.63) is 41.8 Å². The zero-order valence-corrected chi connectivity index (χ0v) is 9.09. The van der Waals surface area contributed by atoms with Crippen LogP contribution in [0.1, 0.15) is 24.0 Å². The first kappa shape index (κ1) is 11.6. The molecule has 0 aromatic heterocycles. The minimum Gasteiger partial charge on any atom is -0.370 e. The van der Waals surface area contributed by atoms with Crippen LogP contribution in [0.2, 0.25) is 0 Å². The van der Waals surface area contributed by atoms with Crippen molar-refractivity contribution < 1.29 is 0 Å². The molecule has 81 valence electrons. The van der Waals surface area contributed by atoms with Crippen LogP contribution in [0.4, 0.5) is 0 Å². The van der Waals surface area contributed by atoms with Gasteiger partial charge < -0.3 is 11.1 Å². The summed E-state index contributed by atoms with van der Waals surface area (Å²) in [5, 5.41) is 9.76. The van der Waals surface area contributed by atoms with E-state index in [9.17, 15) is 0 Å². The van der Waals surface area contributed by atoms with E-state index in [2.05, 4.69) is 42.9 Å². The van der Waals surface area contributed by atoms with Gasteiger partial charge in [0.1, 0.15) is 0 Å². The molecule has 0 aliphatic carbocycles. The molecule has 0 unspecified atom stereocenters. The Morgan fingerprint density at radius 3 is 2.67 bits per heavy atom. The van der Waals surface area contributed by atoms with E-state index in [1.54, 1.807) is 0 Å². The van der Waals surface area contributed by atoms with Crippen LogP contribution in [-0.2, 0) is 0 Å². The van der Waals surface area contributed by atoms with Crippen LogP contribution in [0.5, 0.6) is 0 Å². The lowest BCUT2D eigenvalue weighted by molar-refractivity contribution is 0.764. The highest BCUT2D eigenvalue weighted by Crippen LogP contribution is 2.08. The minimum absolute atomic E-state index is 0.0466. The van der Waals surface area contributed by atoms with E-state index in [0.717, 1.165) is 19.4 Å². The van der Waals surface area contributed by atoms with Gasteiger partial charge in [-0.2, -0.15) is 0 Å². The molecule has 1 aromatic carbocycles. The van der Waals surface area contributed by atoms with Crippen molar-refractivity contribution in [3.8, 4) is 0 Å². The average Bonchev–Trinajstić information content (AvgIpc) is 2.20. The second-order valence-corrected chi connectivity index (χ2v) is 3.60. The third-order valence-corrected chi connectivity index (χ3v) is 2.15. The summed E-state index contributed by atoms with van der Waals surface area (Å²) in [4.78, 5) is 0. The molecule has 0 fully saturated rings. The van der Waals surface area contributed by atoms with Gasteiger partial charge in [-0.3, -0.25) is 5.41 Å². The molecule has 15 heavy (non-hydrogen) atoms. The van der Waals surface area contributed by atoms with Crippen molar-refractivity contribution in [2.75, 3.05) is 6.54 Å². The highest BCUT2D eigenvalue weighted by molar-refractivity contribution is 5.74. The summed E-state index contributed by atoms with van der Waals surface area (Å²) in [6, 6.07) is 8.46. The largest absolute Gasteiger partial charge is 0.370 e. The molecule has 0 amide bonds. The number of hydrogen-bond donors (Lipinski definition) is 3.